The molecule has 0 aliphatic heterocycles. The number of benzene rings is 2. The van der Waals surface area contributed by atoms with Gasteiger partial charge in [-0.05, 0) is 47.9 Å². The first kappa shape index (κ1) is 17.9. The first-order chi connectivity index (χ1) is 13.4. The van der Waals surface area contributed by atoms with Crippen molar-refractivity contribution in [1.29, 1.82) is 0 Å². The molecule has 28 heavy (non-hydrogen) atoms. The van der Waals surface area contributed by atoms with Gasteiger partial charge in [-0.3, -0.25) is 4.98 Å². The summed E-state index contributed by atoms with van der Waals surface area (Å²) in [6.45, 7) is 1.78. The summed E-state index contributed by atoms with van der Waals surface area (Å²) >= 11 is 0. The van der Waals surface area contributed by atoms with E-state index in [1.807, 2.05) is 0 Å². The third kappa shape index (κ3) is 3.38. The summed E-state index contributed by atoms with van der Waals surface area (Å²) in [5, 5.41) is 3.85. The predicted octanol–water partition coefficient (Wildman–Crippen LogP) is 5.79. The fourth-order valence-corrected chi connectivity index (χ4v) is 2.98. The van der Waals surface area contributed by atoms with Crippen LogP contribution in [0.1, 0.15) is 11.1 Å². The van der Waals surface area contributed by atoms with Gasteiger partial charge in [-0.2, -0.15) is 18.2 Å². The Hall–Kier alpha value is -3.48. The summed E-state index contributed by atoms with van der Waals surface area (Å²) in [5.41, 5.74) is 1.53. The number of halogens is 3. The van der Waals surface area contributed by atoms with E-state index in [1.54, 1.807) is 61.8 Å². The molecule has 4 rings (SSSR count). The molecule has 0 spiro atoms. The Morgan fingerprint density at radius 2 is 1.61 bits per heavy atom. The molecule has 2 heterocycles. The second-order valence-corrected chi connectivity index (χ2v) is 6.23. The van der Waals surface area contributed by atoms with E-state index in [9.17, 15) is 13.2 Å². The van der Waals surface area contributed by atoms with E-state index in [0.717, 1.165) is 11.6 Å². The number of aromatic nitrogens is 3. The molecule has 2 aromatic carbocycles. The third-order valence-electron chi connectivity index (χ3n) is 4.37. The molecule has 4 nitrogen and oxygen atoms in total. The summed E-state index contributed by atoms with van der Waals surface area (Å²) in [6, 6.07) is 14.4. The van der Waals surface area contributed by atoms with Crippen LogP contribution in [-0.4, -0.2) is 15.1 Å². The van der Waals surface area contributed by atoms with E-state index in [4.69, 9.17) is 4.52 Å². The lowest BCUT2D eigenvalue weighted by Crippen LogP contribution is -2.08. The maximum absolute atomic E-state index is 13.8. The first-order valence-electron chi connectivity index (χ1n) is 8.45. The van der Waals surface area contributed by atoms with Crippen LogP contribution in [0.5, 0.6) is 0 Å². The SMILES string of the molecule is Cc1ccccc1-c1ccc(-c2nc(-c3ccncc3)no2)cc1C(F)(F)F. The standard InChI is InChI=1S/C21H14F3N3O/c1-13-4-2-3-5-16(13)17-7-6-15(12-18(17)21(22,23)24)20-26-19(27-28-20)14-8-10-25-11-9-14/h2-12H,1H3. The number of alkyl halides is 3. The Balaban J connectivity index is 1.80. The first-order valence-corrected chi connectivity index (χ1v) is 8.45. The molecule has 0 saturated carbocycles. The third-order valence-corrected chi connectivity index (χ3v) is 4.37. The molecular weight excluding hydrogens is 367 g/mol. The lowest BCUT2D eigenvalue weighted by molar-refractivity contribution is -0.137. The maximum Gasteiger partial charge on any atom is 0.417 e. The van der Waals surface area contributed by atoms with Crippen LogP contribution in [0.4, 0.5) is 13.2 Å². The molecule has 0 bridgehead atoms. The van der Waals surface area contributed by atoms with E-state index >= 15 is 0 Å². The molecule has 7 heteroatoms. The smallest absolute Gasteiger partial charge is 0.334 e. The van der Waals surface area contributed by atoms with Gasteiger partial charge in [0.1, 0.15) is 0 Å². The molecule has 4 aromatic rings. The minimum atomic E-state index is -4.53. The molecule has 0 saturated heterocycles. The highest BCUT2D eigenvalue weighted by Crippen LogP contribution is 2.40. The van der Waals surface area contributed by atoms with Gasteiger partial charge in [-0.1, -0.05) is 35.5 Å². The van der Waals surface area contributed by atoms with Crippen LogP contribution in [0.25, 0.3) is 34.0 Å². The van der Waals surface area contributed by atoms with E-state index < -0.39 is 11.7 Å². The van der Waals surface area contributed by atoms with E-state index in [-0.39, 0.29) is 22.8 Å². The van der Waals surface area contributed by atoms with Crippen LogP contribution in [-0.2, 0) is 6.18 Å². The maximum atomic E-state index is 13.8. The molecule has 0 unspecified atom stereocenters. The number of hydrogen-bond acceptors (Lipinski definition) is 4. The van der Waals surface area contributed by atoms with Gasteiger partial charge in [0.25, 0.3) is 5.89 Å². The summed E-state index contributed by atoms with van der Waals surface area (Å²) in [6.07, 6.45) is -1.38. The van der Waals surface area contributed by atoms with Gasteiger partial charge in [-0.15, -0.1) is 0 Å². The summed E-state index contributed by atoms with van der Waals surface area (Å²) < 4.78 is 46.5. The molecule has 0 atom stereocenters. The molecule has 0 aliphatic rings. The molecule has 0 N–H and O–H groups in total. The molecule has 0 radical (unpaired) electrons. The zero-order valence-electron chi connectivity index (χ0n) is 14.7. The van der Waals surface area contributed by atoms with Gasteiger partial charge in [0.2, 0.25) is 5.82 Å². The fourth-order valence-electron chi connectivity index (χ4n) is 2.98. The molecule has 0 aliphatic carbocycles. The summed E-state index contributed by atoms with van der Waals surface area (Å²) in [5.74, 6) is 0.308. The molecular formula is C21H14F3N3O. The van der Waals surface area contributed by atoms with Crippen LogP contribution >= 0.6 is 0 Å². The zero-order chi connectivity index (χ0) is 19.7. The quantitative estimate of drug-likeness (QED) is 0.450. The normalized spacial score (nSPS) is 11.6. The number of nitrogens with zero attached hydrogens (tertiary/aromatic N) is 3. The van der Waals surface area contributed by atoms with Crippen molar-refractivity contribution < 1.29 is 17.7 Å². The Bertz CT molecular complexity index is 1120. The van der Waals surface area contributed by atoms with Gasteiger partial charge < -0.3 is 4.52 Å². The number of rotatable bonds is 3. The number of pyridine rings is 1. The molecule has 0 fully saturated rings. The van der Waals surface area contributed by atoms with E-state index in [1.165, 1.54) is 6.07 Å². The van der Waals surface area contributed by atoms with Gasteiger partial charge in [0.05, 0.1) is 5.56 Å². The number of aryl methyl sites for hydroxylation is 1. The average Bonchev–Trinajstić information content (AvgIpc) is 3.18. The van der Waals surface area contributed by atoms with E-state index in [2.05, 4.69) is 15.1 Å². The van der Waals surface area contributed by atoms with Crippen molar-refractivity contribution in [3.8, 4) is 34.0 Å². The lowest BCUT2D eigenvalue weighted by Gasteiger charge is -2.15. The molecule has 2 aromatic heterocycles. The average molecular weight is 381 g/mol. The predicted molar refractivity (Wildman–Crippen MR) is 98.1 cm³/mol. The van der Waals surface area contributed by atoms with Crippen LogP contribution in [0.15, 0.2) is 71.5 Å². The molecule has 0 amide bonds. The lowest BCUT2D eigenvalue weighted by atomic mass is 9.94. The van der Waals surface area contributed by atoms with Crippen LogP contribution in [0.3, 0.4) is 0 Å². The Morgan fingerprint density at radius 3 is 2.32 bits per heavy atom. The van der Waals surface area contributed by atoms with Gasteiger partial charge in [-0.25, -0.2) is 0 Å². The summed E-state index contributed by atoms with van der Waals surface area (Å²) in [4.78, 5) is 8.13. The summed E-state index contributed by atoms with van der Waals surface area (Å²) in [7, 11) is 0. The fraction of sp³-hybridized carbons (Fsp3) is 0.0952. The highest BCUT2D eigenvalue weighted by molar-refractivity contribution is 5.74. The van der Waals surface area contributed by atoms with Crippen molar-refractivity contribution in [1.82, 2.24) is 15.1 Å². The van der Waals surface area contributed by atoms with Gasteiger partial charge in [0.15, 0.2) is 0 Å². The van der Waals surface area contributed by atoms with E-state index in [0.29, 0.717) is 11.1 Å². The Labute approximate surface area is 158 Å². The van der Waals surface area contributed by atoms with Crippen molar-refractivity contribution in [2.45, 2.75) is 13.1 Å². The Morgan fingerprint density at radius 1 is 0.857 bits per heavy atom. The largest absolute Gasteiger partial charge is 0.417 e. The van der Waals surface area contributed by atoms with Crippen LogP contribution in [0.2, 0.25) is 0 Å². The second kappa shape index (κ2) is 6.92. The van der Waals surface area contributed by atoms with Crippen LogP contribution in [0, 0.1) is 6.92 Å². The van der Waals surface area contributed by atoms with Crippen molar-refractivity contribution in [2.24, 2.45) is 0 Å². The highest BCUT2D eigenvalue weighted by Gasteiger charge is 2.34. The van der Waals surface area contributed by atoms with Crippen molar-refractivity contribution in [3.63, 3.8) is 0 Å². The zero-order valence-corrected chi connectivity index (χ0v) is 14.7. The molecule has 140 valence electrons. The second-order valence-electron chi connectivity index (χ2n) is 6.23. The minimum Gasteiger partial charge on any atom is -0.334 e. The van der Waals surface area contributed by atoms with Crippen LogP contribution < -0.4 is 0 Å². The highest BCUT2D eigenvalue weighted by atomic mass is 19.4. The topological polar surface area (TPSA) is 51.8 Å². The number of hydrogen-bond donors (Lipinski definition) is 0. The van der Waals surface area contributed by atoms with Gasteiger partial charge in [0, 0.05) is 23.5 Å². The monoisotopic (exact) mass is 381 g/mol. The minimum absolute atomic E-state index is 0.0219. The van der Waals surface area contributed by atoms with Gasteiger partial charge >= 0.3 is 6.18 Å². The van der Waals surface area contributed by atoms with Crippen molar-refractivity contribution in [2.75, 3.05) is 0 Å². The van der Waals surface area contributed by atoms with Crippen molar-refractivity contribution >= 4 is 0 Å². The van der Waals surface area contributed by atoms with Crippen molar-refractivity contribution in [3.05, 3.63) is 78.1 Å². The Kier molecular flexibility index (Phi) is 4.43.